The quantitative estimate of drug-likeness (QED) is 0.886. The average molecular weight is 237 g/mol. The molecule has 84 valence electrons. The normalized spacial score (nSPS) is 10.7. The minimum Gasteiger partial charge on any atom is -0.314 e. The van der Waals surface area contributed by atoms with Gasteiger partial charge in [0.25, 0.3) is 0 Å². The summed E-state index contributed by atoms with van der Waals surface area (Å²) in [5, 5.41) is 11.9. The monoisotopic (exact) mass is 236 g/mol. The first-order chi connectivity index (χ1) is 7.72. The van der Waals surface area contributed by atoms with Crippen molar-refractivity contribution in [3.05, 3.63) is 40.7 Å². The molecule has 1 aromatic carbocycles. The summed E-state index contributed by atoms with van der Waals surface area (Å²) in [6.07, 6.45) is 1.90. The lowest BCUT2D eigenvalue weighted by Crippen LogP contribution is -2.05. The smallest absolute Gasteiger partial charge is 0.0969 e. The van der Waals surface area contributed by atoms with Gasteiger partial charge in [0.1, 0.15) is 0 Å². The van der Waals surface area contributed by atoms with Crippen molar-refractivity contribution >= 4 is 11.6 Å². The fourth-order valence-electron chi connectivity index (χ4n) is 1.52. The Bertz CT molecular complexity index is 492. The topological polar surface area (TPSA) is 42.7 Å². The van der Waals surface area contributed by atoms with Crippen LogP contribution >= 0.6 is 11.6 Å². The fraction of sp³-hybridized carbons (Fsp3) is 0.273. The number of halogens is 1. The van der Waals surface area contributed by atoms with Crippen LogP contribution in [0.1, 0.15) is 11.3 Å². The molecule has 1 heterocycles. The van der Waals surface area contributed by atoms with Gasteiger partial charge in [-0.3, -0.25) is 0 Å². The number of nitrogens with zero attached hydrogens (tertiary/aromatic N) is 3. The Morgan fingerprint density at radius 2 is 2.25 bits per heavy atom. The second-order valence-corrected chi connectivity index (χ2v) is 3.98. The van der Waals surface area contributed by atoms with Crippen molar-refractivity contribution in [1.29, 1.82) is 0 Å². The molecule has 0 bridgehead atoms. The maximum atomic E-state index is 6.06. The van der Waals surface area contributed by atoms with Crippen molar-refractivity contribution in [2.24, 2.45) is 0 Å². The van der Waals surface area contributed by atoms with Crippen LogP contribution in [0.4, 0.5) is 0 Å². The van der Waals surface area contributed by atoms with Crippen LogP contribution in [0.25, 0.3) is 5.69 Å². The van der Waals surface area contributed by atoms with E-state index in [1.165, 1.54) is 0 Å². The third-order valence-electron chi connectivity index (χ3n) is 2.38. The molecule has 0 atom stereocenters. The number of hydrogen-bond acceptors (Lipinski definition) is 3. The third-order valence-corrected chi connectivity index (χ3v) is 2.79. The largest absolute Gasteiger partial charge is 0.314 e. The SMILES string of the molecule is CNCc1cn(-c2cccc(Cl)c2C)nn1. The highest BCUT2D eigenvalue weighted by molar-refractivity contribution is 6.31. The molecule has 2 aromatic rings. The summed E-state index contributed by atoms with van der Waals surface area (Å²) < 4.78 is 1.74. The molecule has 0 aliphatic heterocycles. The fourth-order valence-corrected chi connectivity index (χ4v) is 1.69. The minimum absolute atomic E-state index is 0.708. The summed E-state index contributed by atoms with van der Waals surface area (Å²) >= 11 is 6.06. The highest BCUT2D eigenvalue weighted by Crippen LogP contribution is 2.21. The third kappa shape index (κ3) is 2.08. The van der Waals surface area contributed by atoms with E-state index >= 15 is 0 Å². The van der Waals surface area contributed by atoms with Crippen LogP contribution in [0, 0.1) is 6.92 Å². The Labute approximate surface area is 99.2 Å². The van der Waals surface area contributed by atoms with E-state index in [-0.39, 0.29) is 0 Å². The zero-order chi connectivity index (χ0) is 11.5. The predicted octanol–water partition coefficient (Wildman–Crippen LogP) is 1.95. The van der Waals surface area contributed by atoms with E-state index in [2.05, 4.69) is 15.6 Å². The van der Waals surface area contributed by atoms with Gasteiger partial charge in [0, 0.05) is 11.6 Å². The number of benzene rings is 1. The zero-order valence-electron chi connectivity index (χ0n) is 9.24. The summed E-state index contributed by atoms with van der Waals surface area (Å²) in [6.45, 7) is 2.68. The van der Waals surface area contributed by atoms with Gasteiger partial charge in [-0.1, -0.05) is 22.9 Å². The molecule has 4 nitrogen and oxygen atoms in total. The predicted molar refractivity (Wildman–Crippen MR) is 63.9 cm³/mol. The number of hydrogen-bond donors (Lipinski definition) is 1. The van der Waals surface area contributed by atoms with Crippen molar-refractivity contribution in [2.45, 2.75) is 13.5 Å². The standard InChI is InChI=1S/C11H13ClN4/c1-8-10(12)4-3-5-11(8)16-7-9(6-13-2)14-15-16/h3-5,7,13H,6H2,1-2H3. The van der Waals surface area contributed by atoms with E-state index in [0.717, 1.165) is 22.0 Å². The summed E-state index contributed by atoms with van der Waals surface area (Å²) in [7, 11) is 1.88. The van der Waals surface area contributed by atoms with Crippen LogP contribution in [-0.4, -0.2) is 22.0 Å². The Kier molecular flexibility index (Phi) is 3.22. The lowest BCUT2D eigenvalue weighted by Gasteiger charge is -2.05. The van der Waals surface area contributed by atoms with E-state index in [0.29, 0.717) is 6.54 Å². The van der Waals surface area contributed by atoms with E-state index in [1.807, 2.05) is 38.4 Å². The van der Waals surface area contributed by atoms with Crippen LogP contribution in [0.2, 0.25) is 5.02 Å². The van der Waals surface area contributed by atoms with Gasteiger partial charge in [0.05, 0.1) is 17.6 Å². The van der Waals surface area contributed by atoms with E-state index < -0.39 is 0 Å². The first-order valence-electron chi connectivity index (χ1n) is 5.03. The van der Waals surface area contributed by atoms with E-state index in [4.69, 9.17) is 11.6 Å². The molecule has 16 heavy (non-hydrogen) atoms. The number of nitrogens with one attached hydrogen (secondary N) is 1. The molecule has 1 N–H and O–H groups in total. The average Bonchev–Trinajstić information content (AvgIpc) is 2.71. The van der Waals surface area contributed by atoms with Gasteiger partial charge in [-0.05, 0) is 31.7 Å². The lowest BCUT2D eigenvalue weighted by atomic mass is 10.2. The summed E-state index contributed by atoms with van der Waals surface area (Å²) in [6, 6.07) is 5.75. The Balaban J connectivity index is 2.39. The molecule has 1 aromatic heterocycles. The number of aromatic nitrogens is 3. The molecule has 5 heteroatoms. The van der Waals surface area contributed by atoms with E-state index in [1.54, 1.807) is 4.68 Å². The van der Waals surface area contributed by atoms with Gasteiger partial charge in [0.15, 0.2) is 0 Å². The van der Waals surface area contributed by atoms with Crippen molar-refractivity contribution in [3.63, 3.8) is 0 Å². The first-order valence-corrected chi connectivity index (χ1v) is 5.41. The van der Waals surface area contributed by atoms with Crippen molar-refractivity contribution in [1.82, 2.24) is 20.3 Å². The molecule has 0 aliphatic carbocycles. The molecule has 0 radical (unpaired) electrons. The molecule has 0 unspecified atom stereocenters. The van der Waals surface area contributed by atoms with Crippen LogP contribution < -0.4 is 5.32 Å². The summed E-state index contributed by atoms with van der Waals surface area (Å²) in [5.41, 5.74) is 2.87. The lowest BCUT2D eigenvalue weighted by molar-refractivity contribution is 0.765. The molecule has 0 fully saturated rings. The maximum Gasteiger partial charge on any atom is 0.0969 e. The second-order valence-electron chi connectivity index (χ2n) is 3.57. The first kappa shape index (κ1) is 11.1. The Hall–Kier alpha value is -1.39. The summed E-state index contributed by atoms with van der Waals surface area (Å²) in [4.78, 5) is 0. The molecular formula is C11H13ClN4. The number of rotatable bonds is 3. The minimum atomic E-state index is 0.708. The molecule has 0 aliphatic rings. The molecule has 2 rings (SSSR count). The molecule has 0 saturated carbocycles. The highest BCUT2D eigenvalue weighted by Gasteiger charge is 2.06. The van der Waals surface area contributed by atoms with Gasteiger partial charge >= 0.3 is 0 Å². The van der Waals surface area contributed by atoms with Gasteiger partial charge in [-0.2, -0.15) is 0 Å². The van der Waals surface area contributed by atoms with Gasteiger partial charge in [0.2, 0.25) is 0 Å². The van der Waals surface area contributed by atoms with Crippen molar-refractivity contribution < 1.29 is 0 Å². The zero-order valence-corrected chi connectivity index (χ0v) is 9.99. The molecule has 0 amide bonds. The van der Waals surface area contributed by atoms with Gasteiger partial charge < -0.3 is 5.32 Å². The molecule has 0 spiro atoms. The van der Waals surface area contributed by atoms with E-state index in [9.17, 15) is 0 Å². The van der Waals surface area contributed by atoms with Crippen molar-refractivity contribution in [2.75, 3.05) is 7.05 Å². The maximum absolute atomic E-state index is 6.06. The highest BCUT2D eigenvalue weighted by atomic mass is 35.5. The Morgan fingerprint density at radius 3 is 3.00 bits per heavy atom. The van der Waals surface area contributed by atoms with Gasteiger partial charge in [-0.15, -0.1) is 5.10 Å². The summed E-state index contributed by atoms with van der Waals surface area (Å²) in [5.74, 6) is 0. The second kappa shape index (κ2) is 4.63. The van der Waals surface area contributed by atoms with Gasteiger partial charge in [-0.25, -0.2) is 4.68 Å². The van der Waals surface area contributed by atoms with Crippen molar-refractivity contribution in [3.8, 4) is 5.69 Å². The molecule has 0 saturated heterocycles. The van der Waals surface area contributed by atoms with Crippen LogP contribution in [-0.2, 0) is 6.54 Å². The van der Waals surface area contributed by atoms with Crippen LogP contribution in [0.5, 0.6) is 0 Å². The van der Waals surface area contributed by atoms with Crippen LogP contribution in [0.15, 0.2) is 24.4 Å². The molecular weight excluding hydrogens is 224 g/mol. The van der Waals surface area contributed by atoms with Crippen LogP contribution in [0.3, 0.4) is 0 Å². The Morgan fingerprint density at radius 1 is 1.44 bits per heavy atom.